The van der Waals surface area contributed by atoms with Gasteiger partial charge in [-0.05, 0) is 68.9 Å². The van der Waals surface area contributed by atoms with E-state index in [9.17, 15) is 9.50 Å². The summed E-state index contributed by atoms with van der Waals surface area (Å²) in [7, 11) is 0. The number of fused-ring (bicyclic) bond motifs is 1. The first-order chi connectivity index (χ1) is 10.1. The van der Waals surface area contributed by atoms with Gasteiger partial charge >= 0.3 is 0 Å². The highest BCUT2D eigenvalue weighted by atomic mass is 19.1. The Morgan fingerprint density at radius 2 is 2.10 bits per heavy atom. The lowest BCUT2D eigenvalue weighted by atomic mass is 9.95. The molecule has 1 atom stereocenters. The molecule has 21 heavy (non-hydrogen) atoms. The van der Waals surface area contributed by atoms with Crippen LogP contribution in [0.25, 0.3) is 0 Å². The summed E-state index contributed by atoms with van der Waals surface area (Å²) in [5.74, 6) is -0.172. The van der Waals surface area contributed by atoms with Crippen molar-refractivity contribution in [3.05, 3.63) is 58.2 Å². The van der Waals surface area contributed by atoms with Gasteiger partial charge in [-0.1, -0.05) is 6.07 Å². The molecule has 0 saturated heterocycles. The molecule has 0 aliphatic heterocycles. The van der Waals surface area contributed by atoms with Gasteiger partial charge in [0.25, 0.3) is 0 Å². The quantitative estimate of drug-likeness (QED) is 0.911. The number of hydrogen-bond donors (Lipinski definition) is 1. The predicted molar refractivity (Wildman–Crippen MR) is 81.9 cm³/mol. The van der Waals surface area contributed by atoms with Crippen LogP contribution in [0.3, 0.4) is 0 Å². The molecule has 1 N–H and O–H groups in total. The van der Waals surface area contributed by atoms with Crippen molar-refractivity contribution in [2.45, 2.75) is 52.2 Å². The molecule has 3 rings (SSSR count). The van der Waals surface area contributed by atoms with Crippen LogP contribution in [-0.4, -0.2) is 9.67 Å². The van der Waals surface area contributed by atoms with Crippen LogP contribution < -0.4 is 0 Å². The van der Waals surface area contributed by atoms with Crippen LogP contribution in [0.1, 0.15) is 47.0 Å². The molecule has 0 spiro atoms. The van der Waals surface area contributed by atoms with Crippen LogP contribution >= 0.6 is 0 Å². The summed E-state index contributed by atoms with van der Waals surface area (Å²) in [6, 6.07) is 7.13. The van der Waals surface area contributed by atoms with Gasteiger partial charge in [0, 0.05) is 23.5 Å². The van der Waals surface area contributed by atoms with Crippen molar-refractivity contribution in [2.75, 3.05) is 0 Å². The van der Waals surface area contributed by atoms with Gasteiger partial charge < -0.3 is 9.67 Å². The molecule has 2 nitrogen and oxygen atoms in total. The van der Waals surface area contributed by atoms with E-state index < -0.39 is 0 Å². The maximum absolute atomic E-state index is 13.2. The smallest absolute Gasteiger partial charge is 0.123 e. The number of aliphatic hydroxyl groups is 1. The Morgan fingerprint density at radius 1 is 1.29 bits per heavy atom. The van der Waals surface area contributed by atoms with Gasteiger partial charge in [0.05, 0.1) is 6.10 Å². The van der Waals surface area contributed by atoms with Crippen molar-refractivity contribution in [2.24, 2.45) is 0 Å². The minimum absolute atomic E-state index is 0.172. The second-order valence-electron chi connectivity index (χ2n) is 6.07. The topological polar surface area (TPSA) is 25.2 Å². The summed E-state index contributed by atoms with van der Waals surface area (Å²) < 4.78 is 15.5. The molecule has 0 radical (unpaired) electrons. The molecule has 112 valence electrons. The molecule has 0 bridgehead atoms. The van der Waals surface area contributed by atoms with Crippen molar-refractivity contribution in [1.82, 2.24) is 4.57 Å². The maximum Gasteiger partial charge on any atom is 0.123 e. The number of nitrogens with zero attached hydrogens (tertiary/aromatic N) is 1. The Morgan fingerprint density at radius 3 is 2.86 bits per heavy atom. The van der Waals surface area contributed by atoms with Crippen LogP contribution in [0.4, 0.5) is 4.39 Å². The Balaban J connectivity index is 1.82. The first-order valence-electron chi connectivity index (χ1n) is 7.68. The molecule has 1 aromatic carbocycles. The molecule has 0 saturated carbocycles. The lowest BCUT2D eigenvalue weighted by Gasteiger charge is -2.20. The Hall–Kier alpha value is -1.61. The predicted octanol–water partition coefficient (Wildman–Crippen LogP) is 3.86. The van der Waals surface area contributed by atoms with Crippen LogP contribution in [0.2, 0.25) is 0 Å². The summed E-state index contributed by atoms with van der Waals surface area (Å²) in [4.78, 5) is 0. The summed E-state index contributed by atoms with van der Waals surface area (Å²) in [5.41, 5.74) is 5.80. The normalized spacial score (nSPS) is 17.8. The van der Waals surface area contributed by atoms with Crippen LogP contribution in [0.15, 0.2) is 24.3 Å². The highest BCUT2D eigenvalue weighted by Gasteiger charge is 2.22. The molecular weight excluding hydrogens is 265 g/mol. The average molecular weight is 287 g/mol. The lowest BCUT2D eigenvalue weighted by Crippen LogP contribution is -2.13. The number of aliphatic hydroxyl groups excluding tert-OH is 1. The minimum Gasteiger partial charge on any atom is -0.388 e. The summed E-state index contributed by atoms with van der Waals surface area (Å²) in [6.45, 7) is 4.95. The molecule has 1 aliphatic carbocycles. The van der Waals surface area contributed by atoms with Crippen molar-refractivity contribution in [3.8, 4) is 0 Å². The van der Waals surface area contributed by atoms with Crippen LogP contribution in [-0.2, 0) is 19.4 Å². The van der Waals surface area contributed by atoms with Gasteiger partial charge in [0.15, 0.2) is 0 Å². The van der Waals surface area contributed by atoms with Gasteiger partial charge in [-0.3, -0.25) is 0 Å². The molecule has 1 aliphatic rings. The monoisotopic (exact) mass is 287 g/mol. The van der Waals surface area contributed by atoms with E-state index in [0.29, 0.717) is 0 Å². The van der Waals surface area contributed by atoms with E-state index in [0.717, 1.165) is 43.4 Å². The lowest BCUT2D eigenvalue weighted by molar-refractivity contribution is 0.155. The first kappa shape index (κ1) is 14.3. The third-order valence-corrected chi connectivity index (χ3v) is 4.61. The SMILES string of the molecule is Cc1cc(F)ccc1CCn1c(C)cc2c1CCCC2O. The number of halogens is 1. The number of hydrogen-bond acceptors (Lipinski definition) is 1. The van der Waals surface area contributed by atoms with E-state index in [2.05, 4.69) is 17.6 Å². The molecule has 0 fully saturated rings. The van der Waals surface area contributed by atoms with Crippen LogP contribution in [0.5, 0.6) is 0 Å². The number of benzene rings is 1. The Kier molecular flexibility index (Phi) is 3.85. The second-order valence-corrected chi connectivity index (χ2v) is 6.07. The largest absolute Gasteiger partial charge is 0.388 e. The zero-order valence-corrected chi connectivity index (χ0v) is 12.7. The van der Waals surface area contributed by atoms with E-state index in [1.165, 1.54) is 23.0 Å². The van der Waals surface area contributed by atoms with Gasteiger partial charge in [-0.2, -0.15) is 0 Å². The third kappa shape index (κ3) is 2.75. The molecule has 2 aromatic rings. The second kappa shape index (κ2) is 5.64. The molecule has 1 heterocycles. The summed E-state index contributed by atoms with van der Waals surface area (Å²) >= 11 is 0. The standard InChI is InChI=1S/C18H22FNO/c1-12-10-15(19)7-6-14(12)8-9-20-13(2)11-16-17(20)4-3-5-18(16)21/h6-7,10-11,18,21H,3-5,8-9H2,1-2H3. The fourth-order valence-corrected chi connectivity index (χ4v) is 3.42. The Labute approximate surface area is 125 Å². The van der Waals surface area contributed by atoms with E-state index >= 15 is 0 Å². The molecule has 3 heteroatoms. The van der Waals surface area contributed by atoms with Crippen molar-refractivity contribution >= 4 is 0 Å². The third-order valence-electron chi connectivity index (χ3n) is 4.61. The highest BCUT2D eigenvalue weighted by molar-refractivity contribution is 5.32. The van der Waals surface area contributed by atoms with Gasteiger partial charge in [-0.25, -0.2) is 4.39 Å². The van der Waals surface area contributed by atoms with Crippen molar-refractivity contribution in [1.29, 1.82) is 0 Å². The van der Waals surface area contributed by atoms with E-state index in [1.54, 1.807) is 6.07 Å². The number of aromatic nitrogens is 1. The molecule has 1 unspecified atom stereocenters. The summed E-state index contributed by atoms with van der Waals surface area (Å²) in [6.07, 6.45) is 3.55. The number of rotatable bonds is 3. The average Bonchev–Trinajstić information content (AvgIpc) is 2.76. The van der Waals surface area contributed by atoms with E-state index in [4.69, 9.17) is 0 Å². The maximum atomic E-state index is 13.2. The zero-order chi connectivity index (χ0) is 15.0. The van der Waals surface area contributed by atoms with E-state index in [1.807, 2.05) is 13.0 Å². The molecule has 1 aromatic heterocycles. The van der Waals surface area contributed by atoms with Gasteiger partial charge in [0.1, 0.15) is 5.82 Å². The van der Waals surface area contributed by atoms with Crippen LogP contribution in [0, 0.1) is 19.7 Å². The zero-order valence-electron chi connectivity index (χ0n) is 12.7. The fraction of sp³-hybridized carbons (Fsp3) is 0.444. The number of aryl methyl sites for hydroxylation is 3. The minimum atomic E-state index is -0.304. The first-order valence-corrected chi connectivity index (χ1v) is 7.68. The Bertz CT molecular complexity index is 659. The van der Waals surface area contributed by atoms with E-state index in [-0.39, 0.29) is 11.9 Å². The van der Waals surface area contributed by atoms with Crippen molar-refractivity contribution in [3.63, 3.8) is 0 Å². The summed E-state index contributed by atoms with van der Waals surface area (Å²) in [5, 5.41) is 10.1. The van der Waals surface area contributed by atoms with Crippen molar-refractivity contribution < 1.29 is 9.50 Å². The van der Waals surface area contributed by atoms with Gasteiger partial charge in [-0.15, -0.1) is 0 Å². The van der Waals surface area contributed by atoms with Gasteiger partial charge in [0.2, 0.25) is 0 Å². The molecule has 0 amide bonds. The molecular formula is C18H22FNO. The fourth-order valence-electron chi connectivity index (χ4n) is 3.42. The highest BCUT2D eigenvalue weighted by Crippen LogP contribution is 2.32.